The molecule has 0 aromatic heterocycles. The number of hydrogen-bond acceptors (Lipinski definition) is 1. The molecule has 84 valence electrons. The van der Waals surface area contributed by atoms with E-state index in [0.29, 0.717) is 0 Å². The predicted molar refractivity (Wildman–Crippen MR) is 49.0 cm³/mol. The normalized spacial score (nSPS) is 14.0. The Labute approximate surface area is 88.8 Å². The van der Waals surface area contributed by atoms with Gasteiger partial charge in [-0.25, -0.2) is 4.39 Å². The van der Waals surface area contributed by atoms with Crippen molar-refractivity contribution in [1.29, 1.82) is 0 Å². The largest absolute Gasteiger partial charge is 0.390 e. The summed E-state index contributed by atoms with van der Waals surface area (Å²) in [4.78, 5) is 0. The van der Waals surface area contributed by atoms with Gasteiger partial charge in [-0.05, 0) is 17.7 Å². The minimum absolute atomic E-state index is 0.165. The Bertz CT molecular complexity index is 350. The van der Waals surface area contributed by atoms with Crippen LogP contribution < -0.4 is 5.73 Å². The summed E-state index contributed by atoms with van der Waals surface area (Å²) in [6.07, 6.45) is -5.50. The molecule has 0 amide bonds. The molecule has 1 aromatic carbocycles. The number of halogens is 5. The standard InChI is InChI=1S/C9H8ClF4N/c10-6-3-5(1-2-7(6)11)8(15)4-9(12,13)14/h1-3,8H,4,15H2. The van der Waals surface area contributed by atoms with Crippen LogP contribution >= 0.6 is 11.6 Å². The molecule has 0 spiro atoms. The summed E-state index contributed by atoms with van der Waals surface area (Å²) in [7, 11) is 0. The number of benzene rings is 1. The van der Waals surface area contributed by atoms with Crippen LogP contribution in [0.15, 0.2) is 18.2 Å². The van der Waals surface area contributed by atoms with Crippen LogP contribution in [0.3, 0.4) is 0 Å². The van der Waals surface area contributed by atoms with Crippen LogP contribution in [0.4, 0.5) is 17.6 Å². The van der Waals surface area contributed by atoms with E-state index in [4.69, 9.17) is 17.3 Å². The molecule has 2 N–H and O–H groups in total. The molecular formula is C9H8ClF4N. The van der Waals surface area contributed by atoms with Crippen molar-refractivity contribution >= 4 is 11.6 Å². The second-order valence-corrected chi connectivity index (χ2v) is 3.51. The minimum Gasteiger partial charge on any atom is -0.324 e. The van der Waals surface area contributed by atoms with Crippen molar-refractivity contribution in [2.45, 2.75) is 18.6 Å². The van der Waals surface area contributed by atoms with Crippen molar-refractivity contribution in [2.75, 3.05) is 0 Å². The molecule has 1 unspecified atom stereocenters. The van der Waals surface area contributed by atoms with Crippen LogP contribution in [-0.4, -0.2) is 6.18 Å². The summed E-state index contributed by atoms with van der Waals surface area (Å²) >= 11 is 5.42. The van der Waals surface area contributed by atoms with Gasteiger partial charge in [-0.15, -0.1) is 0 Å². The van der Waals surface area contributed by atoms with Crippen LogP contribution in [0.25, 0.3) is 0 Å². The molecule has 1 aromatic rings. The summed E-state index contributed by atoms with van der Waals surface area (Å²) in [5.41, 5.74) is 5.46. The third kappa shape index (κ3) is 3.68. The summed E-state index contributed by atoms with van der Waals surface area (Å²) < 4.78 is 48.7. The van der Waals surface area contributed by atoms with E-state index in [1.54, 1.807) is 0 Å². The van der Waals surface area contributed by atoms with E-state index in [1.807, 2.05) is 0 Å². The van der Waals surface area contributed by atoms with Crippen LogP contribution in [0, 0.1) is 5.82 Å². The van der Waals surface area contributed by atoms with Gasteiger partial charge in [0.15, 0.2) is 0 Å². The van der Waals surface area contributed by atoms with E-state index in [0.717, 1.165) is 12.1 Å². The molecule has 0 aliphatic rings. The van der Waals surface area contributed by atoms with Gasteiger partial charge < -0.3 is 5.73 Å². The van der Waals surface area contributed by atoms with Crippen LogP contribution in [-0.2, 0) is 0 Å². The fourth-order valence-electron chi connectivity index (χ4n) is 1.11. The Morgan fingerprint density at radius 2 is 1.93 bits per heavy atom. The predicted octanol–water partition coefficient (Wildman–Crippen LogP) is 3.43. The number of alkyl halides is 3. The second kappa shape index (κ2) is 4.37. The van der Waals surface area contributed by atoms with Gasteiger partial charge in [-0.2, -0.15) is 13.2 Å². The molecule has 0 radical (unpaired) electrons. The SMILES string of the molecule is NC(CC(F)(F)F)c1ccc(F)c(Cl)c1. The van der Waals surface area contributed by atoms with Crippen molar-refractivity contribution in [2.24, 2.45) is 5.73 Å². The van der Waals surface area contributed by atoms with Gasteiger partial charge in [0, 0.05) is 6.04 Å². The summed E-state index contributed by atoms with van der Waals surface area (Å²) in [6, 6.07) is 2.07. The van der Waals surface area contributed by atoms with Gasteiger partial charge in [0.2, 0.25) is 0 Å². The second-order valence-electron chi connectivity index (χ2n) is 3.10. The van der Waals surface area contributed by atoms with Crippen molar-refractivity contribution in [3.05, 3.63) is 34.6 Å². The fourth-order valence-corrected chi connectivity index (χ4v) is 1.30. The molecule has 15 heavy (non-hydrogen) atoms. The smallest absolute Gasteiger partial charge is 0.324 e. The third-order valence-corrected chi connectivity index (χ3v) is 2.11. The average Bonchev–Trinajstić information content (AvgIpc) is 2.06. The highest BCUT2D eigenvalue weighted by molar-refractivity contribution is 6.30. The average molecular weight is 242 g/mol. The maximum Gasteiger partial charge on any atom is 0.390 e. The van der Waals surface area contributed by atoms with Crippen molar-refractivity contribution in [3.8, 4) is 0 Å². The first-order chi connectivity index (χ1) is 6.79. The van der Waals surface area contributed by atoms with Crippen molar-refractivity contribution in [1.82, 2.24) is 0 Å². The molecule has 0 aliphatic carbocycles. The monoisotopic (exact) mass is 241 g/mol. The van der Waals surface area contributed by atoms with Gasteiger partial charge in [0.25, 0.3) is 0 Å². The highest BCUT2D eigenvalue weighted by Crippen LogP contribution is 2.29. The lowest BCUT2D eigenvalue weighted by molar-refractivity contribution is -0.138. The Kier molecular flexibility index (Phi) is 3.57. The van der Waals surface area contributed by atoms with E-state index >= 15 is 0 Å². The van der Waals surface area contributed by atoms with E-state index in [-0.39, 0.29) is 10.6 Å². The number of rotatable bonds is 2. The quantitative estimate of drug-likeness (QED) is 0.789. The first kappa shape index (κ1) is 12.3. The number of hydrogen-bond donors (Lipinski definition) is 1. The molecule has 1 atom stereocenters. The first-order valence-corrected chi connectivity index (χ1v) is 4.44. The fraction of sp³-hybridized carbons (Fsp3) is 0.333. The maximum atomic E-state index is 12.7. The molecule has 0 saturated heterocycles. The molecule has 0 aliphatic heterocycles. The Morgan fingerprint density at radius 3 is 2.40 bits per heavy atom. The van der Waals surface area contributed by atoms with Crippen molar-refractivity contribution < 1.29 is 17.6 Å². The topological polar surface area (TPSA) is 26.0 Å². The van der Waals surface area contributed by atoms with Crippen LogP contribution in [0.2, 0.25) is 5.02 Å². The van der Waals surface area contributed by atoms with Gasteiger partial charge in [-0.1, -0.05) is 17.7 Å². The van der Waals surface area contributed by atoms with Crippen molar-refractivity contribution in [3.63, 3.8) is 0 Å². The lowest BCUT2D eigenvalue weighted by Gasteiger charge is -2.14. The lowest BCUT2D eigenvalue weighted by Crippen LogP contribution is -2.20. The highest BCUT2D eigenvalue weighted by Gasteiger charge is 2.31. The van der Waals surface area contributed by atoms with Crippen LogP contribution in [0.5, 0.6) is 0 Å². The maximum absolute atomic E-state index is 12.7. The summed E-state index contributed by atoms with van der Waals surface area (Å²) in [5.74, 6) is -0.681. The zero-order valence-corrected chi connectivity index (χ0v) is 8.24. The molecule has 0 fully saturated rings. The van der Waals surface area contributed by atoms with E-state index in [9.17, 15) is 17.6 Å². The van der Waals surface area contributed by atoms with Gasteiger partial charge in [0.1, 0.15) is 5.82 Å². The third-order valence-electron chi connectivity index (χ3n) is 1.82. The Balaban J connectivity index is 2.83. The summed E-state index contributed by atoms with van der Waals surface area (Å²) in [6.45, 7) is 0. The molecule has 0 bridgehead atoms. The first-order valence-electron chi connectivity index (χ1n) is 4.07. The summed E-state index contributed by atoms with van der Waals surface area (Å²) in [5, 5.41) is -0.231. The molecule has 0 saturated carbocycles. The zero-order chi connectivity index (χ0) is 11.6. The lowest BCUT2D eigenvalue weighted by atomic mass is 10.0. The molecule has 0 heterocycles. The van der Waals surface area contributed by atoms with E-state index in [1.165, 1.54) is 6.07 Å². The molecular weight excluding hydrogens is 234 g/mol. The van der Waals surface area contributed by atoms with Gasteiger partial charge >= 0.3 is 6.18 Å². The van der Waals surface area contributed by atoms with Gasteiger partial charge in [0.05, 0.1) is 11.4 Å². The van der Waals surface area contributed by atoms with Gasteiger partial charge in [-0.3, -0.25) is 0 Å². The Hall–Kier alpha value is -0.810. The molecule has 1 nitrogen and oxygen atoms in total. The highest BCUT2D eigenvalue weighted by atomic mass is 35.5. The van der Waals surface area contributed by atoms with E-state index < -0.39 is 24.5 Å². The van der Waals surface area contributed by atoms with Crippen LogP contribution in [0.1, 0.15) is 18.0 Å². The Morgan fingerprint density at radius 1 is 1.33 bits per heavy atom. The molecule has 1 rings (SSSR count). The molecule has 6 heteroatoms. The number of nitrogens with two attached hydrogens (primary N) is 1. The zero-order valence-electron chi connectivity index (χ0n) is 7.48. The van der Waals surface area contributed by atoms with E-state index in [2.05, 4.69) is 0 Å². The minimum atomic E-state index is -4.35.